The number of halogens is 1. The van der Waals surface area contributed by atoms with Crippen LogP contribution in [0.5, 0.6) is 0 Å². The van der Waals surface area contributed by atoms with E-state index < -0.39 is 10.8 Å². The molecule has 0 aliphatic rings. The molecule has 1 heterocycles. The molecule has 3 aromatic rings. The van der Waals surface area contributed by atoms with Crippen molar-refractivity contribution in [3.8, 4) is 11.3 Å². The summed E-state index contributed by atoms with van der Waals surface area (Å²) < 4.78 is 5.65. The molecule has 1 aromatic heterocycles. The summed E-state index contributed by atoms with van der Waals surface area (Å²) >= 11 is 5.96. The molecule has 0 radical (unpaired) electrons. The molecule has 136 valence electrons. The van der Waals surface area contributed by atoms with E-state index in [9.17, 15) is 14.9 Å². The molecule has 8 heteroatoms. The van der Waals surface area contributed by atoms with E-state index in [2.05, 4.69) is 10.5 Å². The highest BCUT2D eigenvalue weighted by molar-refractivity contribution is 6.33. The van der Waals surface area contributed by atoms with Gasteiger partial charge in [-0.05, 0) is 36.8 Å². The van der Waals surface area contributed by atoms with Crippen molar-refractivity contribution in [3.05, 3.63) is 86.6 Å². The van der Waals surface area contributed by atoms with Crippen LogP contribution in [0.1, 0.15) is 21.7 Å². The number of carbonyl (C=O) groups excluding carboxylic acids is 1. The number of non-ortho nitro benzene ring substituents is 1. The standard InChI is InChI=1S/C19H14ClN3O4/c1-12-6-7-13(23(25)26)10-16(12)18-9-8-14(27-18)11-21-22-19(24)15-4-2-3-5-17(15)20/h2-11H,1H3,(H,22,24)/b21-11-. The second-order valence-corrected chi connectivity index (χ2v) is 6.04. The molecular weight excluding hydrogens is 370 g/mol. The Labute approximate surface area is 159 Å². The zero-order valence-electron chi connectivity index (χ0n) is 14.2. The summed E-state index contributed by atoms with van der Waals surface area (Å²) in [6, 6.07) is 14.5. The summed E-state index contributed by atoms with van der Waals surface area (Å²) in [6.07, 6.45) is 1.34. The molecule has 7 nitrogen and oxygen atoms in total. The van der Waals surface area contributed by atoms with Crippen LogP contribution in [0.3, 0.4) is 0 Å². The fourth-order valence-electron chi connectivity index (χ4n) is 2.42. The third-order valence-corrected chi connectivity index (χ3v) is 4.13. The Balaban J connectivity index is 1.74. The normalized spacial score (nSPS) is 10.9. The lowest BCUT2D eigenvalue weighted by atomic mass is 10.1. The van der Waals surface area contributed by atoms with E-state index in [1.54, 1.807) is 42.5 Å². The quantitative estimate of drug-likeness (QED) is 0.396. The zero-order chi connectivity index (χ0) is 19.4. The number of nitro groups is 1. The van der Waals surface area contributed by atoms with Gasteiger partial charge in [-0.1, -0.05) is 29.8 Å². The molecule has 0 saturated carbocycles. The van der Waals surface area contributed by atoms with Crippen LogP contribution < -0.4 is 5.43 Å². The molecule has 0 bridgehead atoms. The first-order valence-corrected chi connectivity index (χ1v) is 8.26. The average molecular weight is 384 g/mol. The van der Waals surface area contributed by atoms with Gasteiger partial charge in [0.25, 0.3) is 11.6 Å². The minimum atomic E-state index is -0.460. The number of benzene rings is 2. The van der Waals surface area contributed by atoms with Gasteiger partial charge in [-0.3, -0.25) is 14.9 Å². The van der Waals surface area contributed by atoms with E-state index in [1.807, 2.05) is 6.92 Å². The van der Waals surface area contributed by atoms with Gasteiger partial charge in [-0.25, -0.2) is 5.43 Å². The topological polar surface area (TPSA) is 97.7 Å². The first kappa shape index (κ1) is 18.3. The highest BCUT2D eigenvalue weighted by Gasteiger charge is 2.13. The lowest BCUT2D eigenvalue weighted by Crippen LogP contribution is -2.17. The molecule has 0 atom stereocenters. The Morgan fingerprint density at radius 2 is 2.00 bits per heavy atom. The highest BCUT2D eigenvalue weighted by Crippen LogP contribution is 2.28. The predicted molar refractivity (Wildman–Crippen MR) is 102 cm³/mol. The Bertz CT molecular complexity index is 1040. The minimum Gasteiger partial charge on any atom is -0.455 e. The van der Waals surface area contributed by atoms with Crippen molar-refractivity contribution in [2.24, 2.45) is 5.10 Å². The van der Waals surface area contributed by atoms with Crippen LogP contribution in [0.2, 0.25) is 5.02 Å². The maximum atomic E-state index is 12.0. The fourth-order valence-corrected chi connectivity index (χ4v) is 2.64. The Morgan fingerprint density at radius 1 is 1.22 bits per heavy atom. The maximum absolute atomic E-state index is 12.0. The van der Waals surface area contributed by atoms with Gasteiger partial charge in [-0.15, -0.1) is 0 Å². The molecule has 1 amide bonds. The van der Waals surface area contributed by atoms with Crippen molar-refractivity contribution in [2.75, 3.05) is 0 Å². The van der Waals surface area contributed by atoms with Crippen molar-refractivity contribution in [1.29, 1.82) is 0 Å². The van der Waals surface area contributed by atoms with Gasteiger partial charge in [0.1, 0.15) is 11.5 Å². The van der Waals surface area contributed by atoms with E-state index in [0.717, 1.165) is 5.56 Å². The largest absolute Gasteiger partial charge is 0.455 e. The number of carbonyl (C=O) groups is 1. The molecule has 27 heavy (non-hydrogen) atoms. The van der Waals surface area contributed by atoms with Crippen molar-refractivity contribution in [3.63, 3.8) is 0 Å². The van der Waals surface area contributed by atoms with E-state index in [1.165, 1.54) is 18.3 Å². The lowest BCUT2D eigenvalue weighted by Gasteiger charge is -2.02. The van der Waals surface area contributed by atoms with Crippen molar-refractivity contribution < 1.29 is 14.1 Å². The number of aryl methyl sites for hydroxylation is 1. The minimum absolute atomic E-state index is 0.0192. The zero-order valence-corrected chi connectivity index (χ0v) is 14.9. The van der Waals surface area contributed by atoms with Crippen LogP contribution in [0.15, 0.2) is 64.1 Å². The molecule has 0 aliphatic carbocycles. The fraction of sp³-hybridized carbons (Fsp3) is 0.0526. The van der Waals surface area contributed by atoms with Gasteiger partial charge in [0, 0.05) is 17.7 Å². The van der Waals surface area contributed by atoms with Crippen LogP contribution in [-0.4, -0.2) is 17.0 Å². The number of hydrogen-bond acceptors (Lipinski definition) is 5. The number of furan rings is 1. The second kappa shape index (κ2) is 7.84. The number of rotatable bonds is 5. The van der Waals surface area contributed by atoms with Gasteiger partial charge < -0.3 is 4.42 Å². The molecule has 1 N–H and O–H groups in total. The number of nitrogens with one attached hydrogen (secondary N) is 1. The van der Waals surface area contributed by atoms with Gasteiger partial charge in [0.05, 0.1) is 21.7 Å². The number of nitro benzene ring substituents is 1. The molecule has 2 aromatic carbocycles. The molecular formula is C19H14ClN3O4. The number of amides is 1. The Morgan fingerprint density at radius 3 is 2.74 bits per heavy atom. The first-order valence-electron chi connectivity index (χ1n) is 7.89. The van der Waals surface area contributed by atoms with Crippen molar-refractivity contribution >= 4 is 29.4 Å². The average Bonchev–Trinajstić information content (AvgIpc) is 3.10. The highest BCUT2D eigenvalue weighted by atomic mass is 35.5. The molecule has 0 aliphatic heterocycles. The van der Waals surface area contributed by atoms with Crippen LogP contribution >= 0.6 is 11.6 Å². The second-order valence-electron chi connectivity index (χ2n) is 5.64. The molecule has 0 saturated heterocycles. The van der Waals surface area contributed by atoms with Crippen molar-refractivity contribution in [2.45, 2.75) is 6.92 Å². The van der Waals surface area contributed by atoms with E-state index in [4.69, 9.17) is 16.0 Å². The van der Waals surface area contributed by atoms with E-state index >= 15 is 0 Å². The third-order valence-electron chi connectivity index (χ3n) is 3.80. The van der Waals surface area contributed by atoms with Gasteiger partial charge in [-0.2, -0.15) is 5.10 Å². The predicted octanol–water partition coefficient (Wildman–Crippen LogP) is 4.58. The van der Waals surface area contributed by atoms with E-state index in [-0.39, 0.29) is 5.69 Å². The van der Waals surface area contributed by atoms with Crippen LogP contribution in [0.4, 0.5) is 5.69 Å². The summed E-state index contributed by atoms with van der Waals surface area (Å²) in [6.45, 7) is 1.83. The smallest absolute Gasteiger partial charge is 0.272 e. The van der Waals surface area contributed by atoms with Crippen LogP contribution in [0, 0.1) is 17.0 Å². The monoisotopic (exact) mass is 383 g/mol. The molecule has 0 spiro atoms. The van der Waals surface area contributed by atoms with E-state index in [0.29, 0.717) is 27.7 Å². The number of nitrogens with zero attached hydrogens (tertiary/aromatic N) is 2. The maximum Gasteiger partial charge on any atom is 0.272 e. The summed E-state index contributed by atoms with van der Waals surface area (Å²) in [5, 5.41) is 15.1. The summed E-state index contributed by atoms with van der Waals surface area (Å²) in [7, 11) is 0. The first-order chi connectivity index (χ1) is 13.0. The summed E-state index contributed by atoms with van der Waals surface area (Å²) in [5.41, 5.74) is 4.11. The van der Waals surface area contributed by atoms with Gasteiger partial charge in [0.2, 0.25) is 0 Å². The summed E-state index contributed by atoms with van der Waals surface area (Å²) in [4.78, 5) is 22.5. The van der Waals surface area contributed by atoms with Gasteiger partial charge >= 0.3 is 0 Å². The van der Waals surface area contributed by atoms with Crippen molar-refractivity contribution in [1.82, 2.24) is 5.43 Å². The third kappa shape index (κ3) is 4.21. The molecule has 0 fully saturated rings. The molecule has 3 rings (SSSR count). The lowest BCUT2D eigenvalue weighted by molar-refractivity contribution is -0.384. The van der Waals surface area contributed by atoms with Crippen LogP contribution in [0.25, 0.3) is 11.3 Å². The van der Waals surface area contributed by atoms with Crippen LogP contribution in [-0.2, 0) is 0 Å². The number of hydrogen-bond donors (Lipinski definition) is 1. The number of hydrazone groups is 1. The SMILES string of the molecule is Cc1ccc([N+](=O)[O-])cc1-c1ccc(/C=N\NC(=O)c2ccccc2Cl)o1. The Kier molecular flexibility index (Phi) is 5.33. The summed E-state index contributed by atoms with van der Waals surface area (Å²) in [5.74, 6) is 0.406. The molecule has 0 unspecified atom stereocenters. The van der Waals surface area contributed by atoms with Gasteiger partial charge in [0.15, 0.2) is 0 Å². The Hall–Kier alpha value is -3.45.